The average molecular weight is 453 g/mol. The van der Waals surface area contributed by atoms with Crippen molar-refractivity contribution in [2.45, 2.75) is 11.8 Å². The quantitative estimate of drug-likeness (QED) is 0.305. The minimum atomic E-state index is -3.84. The summed E-state index contributed by atoms with van der Waals surface area (Å²) in [6, 6.07) is 17.5. The standard InChI is InChI=1S/C22H19N3O6S/c1-15-6-12-18(13-7-15)32(30,31)23-14-21(26)16-8-10-17(11-9-16)22(27)24-19-4-2-3-5-20(19)25(28)29/h2-13,23H,14H2,1H3,(H,24,27). The Hall–Kier alpha value is -3.89. The number of nitrogens with one attached hydrogen (secondary N) is 2. The van der Waals surface area contributed by atoms with Crippen molar-refractivity contribution in [1.82, 2.24) is 4.72 Å². The van der Waals surface area contributed by atoms with Crippen molar-refractivity contribution in [2.24, 2.45) is 0 Å². The Balaban J connectivity index is 1.65. The van der Waals surface area contributed by atoms with Gasteiger partial charge in [-0.3, -0.25) is 19.7 Å². The Morgan fingerprint density at radius 3 is 2.12 bits per heavy atom. The van der Waals surface area contributed by atoms with Gasteiger partial charge in [-0.1, -0.05) is 42.0 Å². The second-order valence-corrected chi connectivity index (χ2v) is 8.63. The number of amides is 1. The van der Waals surface area contributed by atoms with Gasteiger partial charge in [-0.15, -0.1) is 0 Å². The molecular weight excluding hydrogens is 434 g/mol. The fourth-order valence-electron chi connectivity index (χ4n) is 2.80. The molecule has 0 spiro atoms. The van der Waals surface area contributed by atoms with Gasteiger partial charge in [-0.05, 0) is 37.3 Å². The van der Waals surface area contributed by atoms with Crippen LogP contribution in [0.2, 0.25) is 0 Å². The number of rotatable bonds is 8. The Bertz CT molecular complexity index is 1270. The number of nitro groups is 1. The van der Waals surface area contributed by atoms with E-state index in [0.29, 0.717) is 0 Å². The SMILES string of the molecule is Cc1ccc(S(=O)(=O)NCC(=O)c2ccc(C(=O)Nc3ccccc3[N+](=O)[O-])cc2)cc1. The van der Waals surface area contributed by atoms with Gasteiger partial charge in [0.2, 0.25) is 10.0 Å². The third-order valence-corrected chi connectivity index (χ3v) is 5.99. The maximum atomic E-state index is 12.4. The van der Waals surface area contributed by atoms with Crippen molar-refractivity contribution in [3.63, 3.8) is 0 Å². The highest BCUT2D eigenvalue weighted by Gasteiger charge is 2.18. The van der Waals surface area contributed by atoms with Gasteiger partial charge in [0, 0.05) is 17.2 Å². The number of nitro benzene ring substituents is 1. The van der Waals surface area contributed by atoms with E-state index in [0.717, 1.165) is 5.56 Å². The zero-order valence-electron chi connectivity index (χ0n) is 16.9. The molecule has 0 saturated carbocycles. The number of aryl methyl sites for hydroxylation is 1. The first-order valence-electron chi connectivity index (χ1n) is 9.42. The molecule has 0 saturated heterocycles. The van der Waals surface area contributed by atoms with Gasteiger partial charge >= 0.3 is 0 Å². The third kappa shape index (κ3) is 5.42. The van der Waals surface area contributed by atoms with E-state index in [1.54, 1.807) is 18.2 Å². The number of hydrogen-bond acceptors (Lipinski definition) is 6. The van der Waals surface area contributed by atoms with E-state index < -0.39 is 33.2 Å². The topological polar surface area (TPSA) is 135 Å². The molecule has 0 fully saturated rings. The molecule has 0 atom stereocenters. The van der Waals surface area contributed by atoms with Gasteiger partial charge in [-0.2, -0.15) is 0 Å². The Labute approximate surface area is 184 Å². The fraction of sp³-hybridized carbons (Fsp3) is 0.0909. The minimum absolute atomic E-state index is 0.0492. The lowest BCUT2D eigenvalue weighted by atomic mass is 10.1. The lowest BCUT2D eigenvalue weighted by Crippen LogP contribution is -2.29. The summed E-state index contributed by atoms with van der Waals surface area (Å²) in [6.07, 6.45) is 0. The molecule has 3 aromatic rings. The number of Topliss-reactive ketones (excluding diaryl/α,β-unsaturated/α-hetero) is 1. The summed E-state index contributed by atoms with van der Waals surface area (Å²) in [7, 11) is -3.84. The molecule has 0 aliphatic carbocycles. The second-order valence-electron chi connectivity index (χ2n) is 6.87. The second kappa shape index (κ2) is 9.50. The molecule has 9 nitrogen and oxygen atoms in total. The lowest BCUT2D eigenvalue weighted by molar-refractivity contribution is -0.383. The molecule has 3 aromatic carbocycles. The summed E-state index contributed by atoms with van der Waals surface area (Å²) in [4.78, 5) is 35.3. The lowest BCUT2D eigenvalue weighted by Gasteiger charge is -2.08. The number of benzene rings is 3. The van der Waals surface area contributed by atoms with Crippen LogP contribution in [-0.2, 0) is 10.0 Å². The maximum absolute atomic E-state index is 12.4. The molecular formula is C22H19N3O6S. The van der Waals surface area contributed by atoms with Crippen molar-refractivity contribution in [1.29, 1.82) is 0 Å². The van der Waals surface area contributed by atoms with Crippen LogP contribution in [0.25, 0.3) is 0 Å². The van der Waals surface area contributed by atoms with Crippen LogP contribution in [0.1, 0.15) is 26.3 Å². The molecule has 3 rings (SSSR count). The first-order valence-corrected chi connectivity index (χ1v) is 10.9. The van der Waals surface area contributed by atoms with E-state index >= 15 is 0 Å². The number of nitrogens with zero attached hydrogens (tertiary/aromatic N) is 1. The predicted octanol–water partition coefficient (Wildman–Crippen LogP) is 3.32. The summed E-state index contributed by atoms with van der Waals surface area (Å²) in [5, 5.41) is 13.5. The molecule has 164 valence electrons. The van der Waals surface area contributed by atoms with Crippen molar-refractivity contribution in [2.75, 3.05) is 11.9 Å². The van der Waals surface area contributed by atoms with E-state index in [1.807, 2.05) is 6.92 Å². The average Bonchev–Trinajstić information content (AvgIpc) is 2.78. The van der Waals surface area contributed by atoms with Crippen LogP contribution in [0.3, 0.4) is 0 Å². The molecule has 0 radical (unpaired) electrons. The predicted molar refractivity (Wildman–Crippen MR) is 118 cm³/mol. The number of para-hydroxylation sites is 2. The van der Waals surface area contributed by atoms with Gasteiger partial charge in [-0.25, -0.2) is 13.1 Å². The normalized spacial score (nSPS) is 11.0. The Morgan fingerprint density at radius 2 is 1.50 bits per heavy atom. The largest absolute Gasteiger partial charge is 0.316 e. The number of carbonyl (C=O) groups is 2. The highest BCUT2D eigenvalue weighted by Crippen LogP contribution is 2.23. The molecule has 10 heteroatoms. The summed E-state index contributed by atoms with van der Waals surface area (Å²) in [6.45, 7) is 1.39. The first kappa shape index (κ1) is 22.8. The number of sulfonamides is 1. The molecule has 0 aliphatic rings. The monoisotopic (exact) mass is 453 g/mol. The van der Waals surface area contributed by atoms with Crippen LogP contribution in [-0.4, -0.2) is 31.6 Å². The molecule has 0 heterocycles. The smallest absolute Gasteiger partial charge is 0.292 e. The third-order valence-electron chi connectivity index (χ3n) is 4.57. The van der Waals surface area contributed by atoms with E-state index in [2.05, 4.69) is 10.0 Å². The fourth-order valence-corrected chi connectivity index (χ4v) is 3.79. The van der Waals surface area contributed by atoms with Crippen LogP contribution in [0, 0.1) is 17.0 Å². The van der Waals surface area contributed by atoms with Crippen molar-refractivity contribution in [3.05, 3.63) is 99.6 Å². The van der Waals surface area contributed by atoms with Crippen LogP contribution >= 0.6 is 0 Å². The van der Waals surface area contributed by atoms with Crippen molar-refractivity contribution in [3.8, 4) is 0 Å². The van der Waals surface area contributed by atoms with Crippen molar-refractivity contribution < 1.29 is 22.9 Å². The first-order chi connectivity index (χ1) is 15.2. The van der Waals surface area contributed by atoms with E-state index in [-0.39, 0.29) is 27.4 Å². The van der Waals surface area contributed by atoms with Gasteiger partial charge in [0.25, 0.3) is 11.6 Å². The number of hydrogen-bond donors (Lipinski definition) is 2. The van der Waals surface area contributed by atoms with Crippen LogP contribution in [0.5, 0.6) is 0 Å². The number of ketones is 1. The molecule has 2 N–H and O–H groups in total. The summed E-state index contributed by atoms with van der Waals surface area (Å²) in [5.41, 5.74) is 1.10. The van der Waals surface area contributed by atoms with Gasteiger partial charge < -0.3 is 5.32 Å². The van der Waals surface area contributed by atoms with Crippen LogP contribution in [0.15, 0.2) is 77.7 Å². The summed E-state index contributed by atoms with van der Waals surface area (Å²) in [5.74, 6) is -1.07. The molecule has 0 unspecified atom stereocenters. The Kier molecular flexibility index (Phi) is 6.76. The van der Waals surface area contributed by atoms with Crippen LogP contribution in [0.4, 0.5) is 11.4 Å². The highest BCUT2D eigenvalue weighted by molar-refractivity contribution is 7.89. The minimum Gasteiger partial charge on any atom is -0.316 e. The van der Waals surface area contributed by atoms with Crippen molar-refractivity contribution >= 4 is 33.1 Å². The van der Waals surface area contributed by atoms with E-state index in [1.165, 1.54) is 54.6 Å². The maximum Gasteiger partial charge on any atom is 0.292 e. The summed E-state index contributed by atoms with van der Waals surface area (Å²) < 4.78 is 26.9. The number of carbonyl (C=O) groups excluding carboxylic acids is 2. The van der Waals surface area contributed by atoms with Crippen LogP contribution < -0.4 is 10.0 Å². The van der Waals surface area contributed by atoms with Gasteiger partial charge in [0.1, 0.15) is 5.69 Å². The highest BCUT2D eigenvalue weighted by atomic mass is 32.2. The molecule has 0 bridgehead atoms. The van der Waals surface area contributed by atoms with Gasteiger partial charge in [0.15, 0.2) is 5.78 Å². The molecule has 0 aliphatic heterocycles. The number of anilines is 1. The molecule has 0 aromatic heterocycles. The zero-order chi connectivity index (χ0) is 23.3. The van der Waals surface area contributed by atoms with E-state index in [9.17, 15) is 28.1 Å². The van der Waals surface area contributed by atoms with Gasteiger partial charge in [0.05, 0.1) is 16.4 Å². The Morgan fingerprint density at radius 1 is 0.906 bits per heavy atom. The summed E-state index contributed by atoms with van der Waals surface area (Å²) >= 11 is 0. The molecule has 32 heavy (non-hydrogen) atoms. The molecule has 1 amide bonds. The van der Waals surface area contributed by atoms with E-state index in [4.69, 9.17) is 0 Å². The zero-order valence-corrected chi connectivity index (χ0v) is 17.8.